The Morgan fingerprint density at radius 1 is 1.20 bits per heavy atom. The van der Waals surface area contributed by atoms with E-state index in [1.54, 1.807) is 23.5 Å². The van der Waals surface area contributed by atoms with Crippen LogP contribution in [0.5, 0.6) is 5.75 Å². The second-order valence-electron chi connectivity index (χ2n) is 5.48. The highest BCUT2D eigenvalue weighted by molar-refractivity contribution is 7.89. The van der Waals surface area contributed by atoms with Gasteiger partial charge in [0, 0.05) is 12.6 Å². The number of hydrogen-bond donors (Lipinski definition) is 0. The van der Waals surface area contributed by atoms with E-state index >= 15 is 0 Å². The van der Waals surface area contributed by atoms with Crippen LogP contribution in [0.2, 0.25) is 0 Å². The number of nitrogens with zero attached hydrogens (tertiary/aromatic N) is 1. The van der Waals surface area contributed by atoms with Gasteiger partial charge in [-0.25, -0.2) is 8.42 Å². The highest BCUT2D eigenvalue weighted by Crippen LogP contribution is 2.31. The van der Waals surface area contributed by atoms with Crippen molar-refractivity contribution in [1.29, 1.82) is 0 Å². The average Bonchev–Trinajstić information content (AvgIpc) is 2.41. The zero-order valence-corrected chi connectivity index (χ0v) is 13.5. The number of rotatable bonds is 3. The number of sulfonamides is 1. The molecule has 1 aliphatic heterocycles. The van der Waals surface area contributed by atoms with Gasteiger partial charge in [-0.3, -0.25) is 0 Å². The maximum Gasteiger partial charge on any atom is 0.243 e. The molecule has 1 fully saturated rings. The van der Waals surface area contributed by atoms with Crippen molar-refractivity contribution >= 4 is 10.0 Å². The lowest BCUT2D eigenvalue weighted by Gasteiger charge is -2.32. The molecule has 0 aromatic heterocycles. The van der Waals surface area contributed by atoms with Gasteiger partial charge in [-0.05, 0) is 56.9 Å². The molecule has 4 nitrogen and oxygen atoms in total. The van der Waals surface area contributed by atoms with Crippen LogP contribution in [0, 0.1) is 13.8 Å². The maximum absolute atomic E-state index is 12.9. The first-order chi connectivity index (χ1) is 9.39. The quantitative estimate of drug-likeness (QED) is 0.862. The molecule has 0 unspecified atom stereocenters. The zero-order chi connectivity index (χ0) is 14.9. The van der Waals surface area contributed by atoms with Crippen LogP contribution in [0.4, 0.5) is 0 Å². The van der Waals surface area contributed by atoms with Gasteiger partial charge >= 0.3 is 0 Å². The van der Waals surface area contributed by atoms with E-state index < -0.39 is 10.0 Å². The lowest BCUT2D eigenvalue weighted by atomic mass is 10.1. The van der Waals surface area contributed by atoms with Gasteiger partial charge in [-0.2, -0.15) is 4.31 Å². The van der Waals surface area contributed by atoms with Gasteiger partial charge in [0.1, 0.15) is 5.75 Å². The Kier molecular flexibility index (Phi) is 4.39. The zero-order valence-electron chi connectivity index (χ0n) is 12.6. The molecular formula is C15H23NO3S. The third kappa shape index (κ3) is 2.56. The molecule has 0 radical (unpaired) electrons. The summed E-state index contributed by atoms with van der Waals surface area (Å²) in [5.74, 6) is 0.730. The summed E-state index contributed by atoms with van der Waals surface area (Å²) in [4.78, 5) is 0.407. The minimum Gasteiger partial charge on any atom is -0.496 e. The fourth-order valence-electron chi connectivity index (χ4n) is 2.83. The maximum atomic E-state index is 12.9. The second-order valence-corrected chi connectivity index (χ2v) is 7.34. The first-order valence-electron chi connectivity index (χ1n) is 7.05. The minimum atomic E-state index is -3.41. The predicted molar refractivity (Wildman–Crippen MR) is 79.7 cm³/mol. The van der Waals surface area contributed by atoms with Crippen molar-refractivity contribution < 1.29 is 13.2 Å². The Balaban J connectivity index is 2.47. The lowest BCUT2D eigenvalue weighted by Crippen LogP contribution is -2.42. The van der Waals surface area contributed by atoms with Gasteiger partial charge in [0.05, 0.1) is 12.0 Å². The Bertz CT molecular complexity index is 595. The summed E-state index contributed by atoms with van der Waals surface area (Å²) in [5.41, 5.74) is 1.67. The Morgan fingerprint density at radius 2 is 1.90 bits per heavy atom. The van der Waals surface area contributed by atoms with Crippen molar-refractivity contribution in [2.45, 2.75) is 51.0 Å². The first-order valence-corrected chi connectivity index (χ1v) is 8.49. The number of ether oxygens (including phenoxy) is 1. The topological polar surface area (TPSA) is 46.6 Å². The predicted octanol–water partition coefficient (Wildman–Crippen LogP) is 2.88. The molecule has 2 rings (SSSR count). The van der Waals surface area contributed by atoms with Crippen molar-refractivity contribution in [2.24, 2.45) is 0 Å². The Morgan fingerprint density at radius 3 is 2.50 bits per heavy atom. The summed E-state index contributed by atoms with van der Waals surface area (Å²) < 4.78 is 32.6. The minimum absolute atomic E-state index is 0.0792. The van der Waals surface area contributed by atoms with E-state index in [0.29, 0.717) is 11.4 Å². The fourth-order valence-corrected chi connectivity index (χ4v) is 4.81. The molecule has 0 saturated carbocycles. The number of piperidine rings is 1. The van der Waals surface area contributed by atoms with Crippen LogP contribution in [0.1, 0.15) is 37.3 Å². The normalized spacial score (nSPS) is 20.9. The van der Waals surface area contributed by atoms with E-state index in [-0.39, 0.29) is 6.04 Å². The molecule has 5 heteroatoms. The molecule has 0 bridgehead atoms. The van der Waals surface area contributed by atoms with E-state index in [4.69, 9.17) is 4.74 Å². The van der Waals surface area contributed by atoms with Gasteiger partial charge < -0.3 is 4.74 Å². The summed E-state index contributed by atoms with van der Waals surface area (Å²) in [5, 5.41) is 0. The summed E-state index contributed by atoms with van der Waals surface area (Å²) in [7, 11) is -1.81. The molecule has 1 aromatic carbocycles. The van der Waals surface area contributed by atoms with E-state index in [1.807, 2.05) is 20.8 Å². The van der Waals surface area contributed by atoms with Gasteiger partial charge in [0.25, 0.3) is 0 Å². The fraction of sp³-hybridized carbons (Fsp3) is 0.600. The summed E-state index contributed by atoms with van der Waals surface area (Å²) >= 11 is 0. The van der Waals surface area contributed by atoms with Gasteiger partial charge in [0.2, 0.25) is 10.0 Å². The molecule has 1 atom stereocenters. The van der Waals surface area contributed by atoms with Gasteiger partial charge in [-0.15, -0.1) is 0 Å². The van der Waals surface area contributed by atoms with Crippen molar-refractivity contribution in [2.75, 3.05) is 13.7 Å². The molecule has 0 aliphatic carbocycles. The molecule has 0 amide bonds. The van der Waals surface area contributed by atoms with Crippen LogP contribution in [0.15, 0.2) is 17.0 Å². The van der Waals surface area contributed by atoms with Gasteiger partial charge in [-0.1, -0.05) is 6.42 Å². The SMILES string of the molecule is COc1ccc(S(=O)(=O)N2CCCC[C@H]2C)c(C)c1C. The van der Waals surface area contributed by atoms with Crippen molar-refractivity contribution in [1.82, 2.24) is 4.31 Å². The summed E-state index contributed by atoms with van der Waals surface area (Å²) in [6.07, 6.45) is 2.99. The largest absolute Gasteiger partial charge is 0.496 e. The van der Waals surface area contributed by atoms with Crippen molar-refractivity contribution in [3.8, 4) is 5.75 Å². The Labute approximate surface area is 121 Å². The standard InChI is InChI=1S/C15H23NO3S/c1-11-7-5-6-10-16(11)20(17,18)15-9-8-14(19-4)12(2)13(15)3/h8-9,11H,5-7,10H2,1-4H3/t11-/m1/s1. The molecule has 0 spiro atoms. The third-order valence-corrected chi connectivity index (χ3v) is 6.39. The molecule has 0 N–H and O–H groups in total. The average molecular weight is 297 g/mol. The number of methoxy groups -OCH3 is 1. The molecule has 112 valence electrons. The van der Waals surface area contributed by atoms with Gasteiger partial charge in [0.15, 0.2) is 0 Å². The van der Waals surface area contributed by atoms with E-state index in [2.05, 4.69) is 0 Å². The van der Waals surface area contributed by atoms with Crippen LogP contribution < -0.4 is 4.74 Å². The van der Waals surface area contributed by atoms with E-state index in [1.165, 1.54) is 0 Å². The highest BCUT2D eigenvalue weighted by Gasteiger charge is 2.32. The number of benzene rings is 1. The van der Waals surface area contributed by atoms with Crippen molar-refractivity contribution in [3.05, 3.63) is 23.3 Å². The third-order valence-electron chi connectivity index (χ3n) is 4.24. The first kappa shape index (κ1) is 15.3. The highest BCUT2D eigenvalue weighted by atomic mass is 32.2. The lowest BCUT2D eigenvalue weighted by molar-refractivity contribution is 0.268. The molecule has 1 saturated heterocycles. The van der Waals surface area contributed by atoms with Crippen molar-refractivity contribution in [3.63, 3.8) is 0 Å². The van der Waals surface area contributed by atoms with Crippen LogP contribution in [0.3, 0.4) is 0 Å². The molecular weight excluding hydrogens is 274 g/mol. The van der Waals surface area contributed by atoms with Crippen LogP contribution in [-0.4, -0.2) is 32.4 Å². The second kappa shape index (κ2) is 5.74. The van der Waals surface area contributed by atoms with Crippen LogP contribution in [0.25, 0.3) is 0 Å². The molecule has 1 heterocycles. The Hall–Kier alpha value is -1.07. The van der Waals surface area contributed by atoms with Crippen LogP contribution in [-0.2, 0) is 10.0 Å². The summed E-state index contributed by atoms with van der Waals surface area (Å²) in [6.45, 7) is 6.35. The monoisotopic (exact) mass is 297 g/mol. The van der Waals surface area contributed by atoms with E-state index in [0.717, 1.165) is 36.1 Å². The molecule has 1 aromatic rings. The van der Waals surface area contributed by atoms with Crippen LogP contribution >= 0.6 is 0 Å². The smallest absolute Gasteiger partial charge is 0.243 e. The summed E-state index contributed by atoms with van der Waals surface area (Å²) in [6, 6.07) is 3.48. The number of hydrogen-bond acceptors (Lipinski definition) is 3. The van der Waals surface area contributed by atoms with E-state index in [9.17, 15) is 8.42 Å². The molecule has 20 heavy (non-hydrogen) atoms. The molecule has 1 aliphatic rings.